The van der Waals surface area contributed by atoms with E-state index in [9.17, 15) is 18.0 Å². The van der Waals surface area contributed by atoms with Gasteiger partial charge in [0, 0.05) is 23.6 Å². The molecule has 0 aliphatic heterocycles. The van der Waals surface area contributed by atoms with Gasteiger partial charge in [-0.3, -0.25) is 20.6 Å². The highest BCUT2D eigenvalue weighted by Crippen LogP contribution is 2.37. The van der Waals surface area contributed by atoms with Crippen LogP contribution in [-0.2, 0) is 6.18 Å². The topological polar surface area (TPSA) is 118 Å². The normalized spacial score (nSPS) is 11.0. The lowest BCUT2D eigenvalue weighted by Gasteiger charge is -2.15. The van der Waals surface area contributed by atoms with Gasteiger partial charge in [-0.15, -0.1) is 0 Å². The van der Waals surface area contributed by atoms with E-state index >= 15 is 0 Å². The van der Waals surface area contributed by atoms with Gasteiger partial charge in [-0.25, -0.2) is 9.97 Å². The first kappa shape index (κ1) is 20.1. The summed E-state index contributed by atoms with van der Waals surface area (Å²) in [4.78, 5) is 23.7. The van der Waals surface area contributed by atoms with E-state index in [4.69, 9.17) is 17.3 Å². The first-order valence-electron chi connectivity index (χ1n) is 7.96. The van der Waals surface area contributed by atoms with Crippen molar-refractivity contribution in [2.45, 2.75) is 6.18 Å². The maximum Gasteiger partial charge on any atom is 0.417 e. The van der Waals surface area contributed by atoms with Crippen LogP contribution in [0.2, 0.25) is 5.02 Å². The minimum Gasteiger partial charge on any atom is -0.393 e. The maximum atomic E-state index is 13.0. The van der Waals surface area contributed by atoms with Crippen LogP contribution in [0.15, 0.2) is 49.1 Å². The van der Waals surface area contributed by atoms with Gasteiger partial charge in [0.1, 0.15) is 12.0 Å². The van der Waals surface area contributed by atoms with E-state index in [1.165, 1.54) is 30.6 Å². The Labute approximate surface area is 167 Å². The van der Waals surface area contributed by atoms with Crippen molar-refractivity contribution < 1.29 is 18.0 Å². The average molecular weight is 424 g/mol. The predicted octanol–water partition coefficient (Wildman–Crippen LogP) is 3.63. The number of amides is 1. The van der Waals surface area contributed by atoms with E-state index in [1.807, 2.05) is 0 Å². The number of nitrogens with zero attached hydrogens (tertiary/aromatic N) is 3. The molecule has 3 aromatic rings. The van der Waals surface area contributed by atoms with Crippen LogP contribution in [0.1, 0.15) is 15.9 Å². The van der Waals surface area contributed by atoms with Gasteiger partial charge in [0.05, 0.1) is 10.6 Å². The van der Waals surface area contributed by atoms with Gasteiger partial charge in [-0.1, -0.05) is 11.6 Å². The van der Waals surface area contributed by atoms with Gasteiger partial charge in [0.15, 0.2) is 11.6 Å². The third-order valence-corrected chi connectivity index (χ3v) is 3.98. The molecule has 0 spiro atoms. The molecule has 0 saturated carbocycles. The molecule has 0 atom stereocenters. The second-order valence-electron chi connectivity index (χ2n) is 5.62. The van der Waals surface area contributed by atoms with Gasteiger partial charge < -0.3 is 11.1 Å². The number of nitrogen functional groups attached to an aromatic ring is 1. The van der Waals surface area contributed by atoms with Gasteiger partial charge >= 0.3 is 6.18 Å². The molecule has 0 bridgehead atoms. The smallest absolute Gasteiger partial charge is 0.393 e. The van der Waals surface area contributed by atoms with Crippen LogP contribution in [-0.4, -0.2) is 20.9 Å². The summed E-state index contributed by atoms with van der Waals surface area (Å²) in [5, 5.41) is 2.25. The van der Waals surface area contributed by atoms with Gasteiger partial charge in [-0.2, -0.15) is 13.2 Å². The number of benzene rings is 1. The number of hydrogen-bond acceptors (Lipinski definition) is 7. The summed E-state index contributed by atoms with van der Waals surface area (Å²) in [6, 6.07) is 6.30. The number of rotatable bonds is 5. The van der Waals surface area contributed by atoms with E-state index in [0.29, 0.717) is 5.56 Å². The molecule has 3 rings (SSSR count). The van der Waals surface area contributed by atoms with Crippen molar-refractivity contribution >= 4 is 40.5 Å². The Balaban J connectivity index is 1.76. The highest BCUT2D eigenvalue weighted by atomic mass is 35.5. The van der Waals surface area contributed by atoms with Crippen molar-refractivity contribution in [3.05, 3.63) is 65.2 Å². The average Bonchev–Trinajstić information content (AvgIpc) is 2.69. The number of carbonyl (C=O) groups excluding carboxylic acids is 1. The zero-order valence-electron chi connectivity index (χ0n) is 14.5. The van der Waals surface area contributed by atoms with Crippen molar-refractivity contribution in [3.63, 3.8) is 0 Å². The Hall–Kier alpha value is -3.60. The monoisotopic (exact) mass is 423 g/mol. The molecule has 0 aliphatic carbocycles. The molecule has 0 fully saturated rings. The first-order valence-corrected chi connectivity index (χ1v) is 8.34. The molecular weight excluding hydrogens is 411 g/mol. The number of aromatic nitrogens is 3. The number of hydrogen-bond donors (Lipinski definition) is 4. The lowest BCUT2D eigenvalue weighted by atomic mass is 10.2. The van der Waals surface area contributed by atoms with E-state index in [-0.39, 0.29) is 23.0 Å². The Morgan fingerprint density at radius 1 is 1.07 bits per heavy atom. The highest BCUT2D eigenvalue weighted by Gasteiger charge is 2.33. The molecule has 8 nitrogen and oxygen atoms in total. The number of nitrogens with one attached hydrogen (secondary N) is 3. The van der Waals surface area contributed by atoms with Crippen LogP contribution in [0.25, 0.3) is 0 Å². The van der Waals surface area contributed by atoms with Crippen LogP contribution in [0.3, 0.4) is 0 Å². The highest BCUT2D eigenvalue weighted by molar-refractivity contribution is 6.31. The minimum absolute atomic E-state index is 0.0222. The molecule has 0 unspecified atom stereocenters. The Kier molecular flexibility index (Phi) is 5.69. The number of hydrazine groups is 1. The fourth-order valence-corrected chi connectivity index (χ4v) is 2.47. The molecular formula is C17H13ClF3N7O. The third kappa shape index (κ3) is 4.82. The molecule has 5 N–H and O–H groups in total. The molecule has 0 radical (unpaired) electrons. The van der Waals surface area contributed by atoms with E-state index in [2.05, 4.69) is 31.1 Å². The van der Waals surface area contributed by atoms with Crippen molar-refractivity contribution in [1.82, 2.24) is 20.4 Å². The molecule has 150 valence electrons. The van der Waals surface area contributed by atoms with Crippen LogP contribution in [0.5, 0.6) is 0 Å². The SMILES string of the molecule is Nc1c(NNC(=O)c2ccncc2)ncnc1Nc1ccc(Cl)c(C(F)(F)F)c1. The van der Waals surface area contributed by atoms with Crippen molar-refractivity contribution in [1.29, 1.82) is 0 Å². The first-order chi connectivity index (χ1) is 13.8. The second-order valence-corrected chi connectivity index (χ2v) is 6.02. The summed E-state index contributed by atoms with van der Waals surface area (Å²) >= 11 is 5.61. The molecule has 2 aromatic heterocycles. The summed E-state index contributed by atoms with van der Waals surface area (Å²) in [5.41, 5.74) is 10.3. The Bertz CT molecular complexity index is 1030. The van der Waals surface area contributed by atoms with Crippen molar-refractivity contribution in [3.8, 4) is 0 Å². The molecule has 29 heavy (non-hydrogen) atoms. The number of anilines is 4. The number of carbonyl (C=O) groups is 1. The molecule has 1 aromatic carbocycles. The number of nitrogens with two attached hydrogens (primary N) is 1. The molecule has 1 amide bonds. The fraction of sp³-hybridized carbons (Fsp3) is 0.0588. The van der Waals surface area contributed by atoms with Crippen LogP contribution < -0.4 is 21.9 Å². The van der Waals surface area contributed by atoms with Crippen LogP contribution in [0, 0.1) is 0 Å². The molecule has 12 heteroatoms. The van der Waals surface area contributed by atoms with Crippen molar-refractivity contribution in [2.24, 2.45) is 0 Å². The van der Waals surface area contributed by atoms with Crippen LogP contribution in [0.4, 0.5) is 36.2 Å². The summed E-state index contributed by atoms with van der Waals surface area (Å²) in [6.45, 7) is 0. The summed E-state index contributed by atoms with van der Waals surface area (Å²) in [5.74, 6) is -0.376. The van der Waals surface area contributed by atoms with Crippen molar-refractivity contribution in [2.75, 3.05) is 16.5 Å². The lowest BCUT2D eigenvalue weighted by Crippen LogP contribution is -2.30. The number of pyridine rings is 1. The van der Waals surface area contributed by atoms with E-state index in [1.54, 1.807) is 0 Å². The summed E-state index contributed by atoms with van der Waals surface area (Å²) in [6.07, 6.45) is -0.579. The molecule has 0 aliphatic rings. The second kappa shape index (κ2) is 8.19. The van der Waals surface area contributed by atoms with Gasteiger partial charge in [0.25, 0.3) is 5.91 Å². The predicted molar refractivity (Wildman–Crippen MR) is 102 cm³/mol. The quantitative estimate of drug-likeness (QED) is 0.463. The zero-order valence-corrected chi connectivity index (χ0v) is 15.2. The van der Waals surface area contributed by atoms with Crippen LogP contribution >= 0.6 is 11.6 Å². The Morgan fingerprint density at radius 2 is 1.76 bits per heavy atom. The minimum atomic E-state index is -4.62. The maximum absolute atomic E-state index is 13.0. The van der Waals surface area contributed by atoms with E-state index < -0.39 is 22.7 Å². The standard InChI is InChI=1S/C17H13ClF3N7O/c18-12-2-1-10(7-11(12)17(19,20)21)26-14-13(22)15(25-8-24-14)27-28-16(29)9-3-5-23-6-4-9/h1-8H,22H2,(H,28,29)(H2,24,25,26,27). The molecule has 2 heterocycles. The van der Waals surface area contributed by atoms with Gasteiger partial charge in [-0.05, 0) is 30.3 Å². The summed E-state index contributed by atoms with van der Waals surface area (Å²) < 4.78 is 39.0. The van der Waals surface area contributed by atoms with Gasteiger partial charge in [0.2, 0.25) is 0 Å². The largest absolute Gasteiger partial charge is 0.417 e. The van der Waals surface area contributed by atoms with E-state index in [0.717, 1.165) is 18.5 Å². The lowest BCUT2D eigenvalue weighted by molar-refractivity contribution is -0.137. The fourth-order valence-electron chi connectivity index (χ4n) is 2.24. The summed E-state index contributed by atoms with van der Waals surface area (Å²) in [7, 11) is 0. The Morgan fingerprint density at radius 3 is 2.45 bits per heavy atom. The number of alkyl halides is 3. The zero-order chi connectivity index (χ0) is 21.0. The third-order valence-electron chi connectivity index (χ3n) is 3.66. The number of halogens is 4. The molecule has 0 saturated heterocycles.